The third-order valence-corrected chi connectivity index (χ3v) is 7.26. The predicted octanol–water partition coefficient (Wildman–Crippen LogP) is 1.29. The Bertz CT molecular complexity index is 702. The molecular weight excluding hydrogens is 348 g/mol. The number of amides is 1. The summed E-state index contributed by atoms with van der Waals surface area (Å²) in [5, 5.41) is 0. The van der Waals surface area contributed by atoms with E-state index in [0.717, 1.165) is 11.5 Å². The number of benzene rings is 1. The smallest absolute Gasteiger partial charge is 0.253 e. The third kappa shape index (κ3) is 3.61. The summed E-state index contributed by atoms with van der Waals surface area (Å²) < 4.78 is 32.3. The molecule has 2 saturated heterocycles. The quantitative estimate of drug-likeness (QED) is 0.799. The van der Waals surface area contributed by atoms with E-state index < -0.39 is 10.0 Å². The fourth-order valence-electron chi connectivity index (χ4n) is 3.00. The van der Waals surface area contributed by atoms with Gasteiger partial charge in [-0.2, -0.15) is 16.1 Å². The van der Waals surface area contributed by atoms with E-state index in [1.165, 1.54) is 10.4 Å². The van der Waals surface area contributed by atoms with E-state index in [1.54, 1.807) is 30.2 Å². The highest BCUT2D eigenvalue weighted by molar-refractivity contribution is 7.99. The number of carbonyl (C=O) groups excluding carboxylic acids is 1. The van der Waals surface area contributed by atoms with Crippen molar-refractivity contribution < 1.29 is 17.9 Å². The Morgan fingerprint density at radius 1 is 1.25 bits per heavy atom. The Hall–Kier alpha value is -1.09. The molecule has 0 bridgehead atoms. The van der Waals surface area contributed by atoms with Crippen LogP contribution in [0.15, 0.2) is 29.2 Å². The largest absolute Gasteiger partial charge is 0.380 e. The summed E-state index contributed by atoms with van der Waals surface area (Å²) >= 11 is 1.83. The van der Waals surface area contributed by atoms with Crippen LogP contribution in [0.25, 0.3) is 0 Å². The zero-order valence-corrected chi connectivity index (χ0v) is 15.3. The molecule has 2 aliphatic heterocycles. The van der Waals surface area contributed by atoms with Crippen molar-refractivity contribution in [2.24, 2.45) is 0 Å². The van der Waals surface area contributed by atoms with Gasteiger partial charge in [0.2, 0.25) is 10.0 Å². The summed E-state index contributed by atoms with van der Waals surface area (Å²) in [6.07, 6.45) is 0.634. The van der Waals surface area contributed by atoms with Gasteiger partial charge in [-0.1, -0.05) is 6.07 Å². The van der Waals surface area contributed by atoms with Gasteiger partial charge in [0.25, 0.3) is 5.91 Å². The molecule has 6 nitrogen and oxygen atoms in total. The molecule has 1 unspecified atom stereocenters. The lowest BCUT2D eigenvalue weighted by molar-refractivity contribution is 0.0772. The van der Waals surface area contributed by atoms with Gasteiger partial charge in [-0.15, -0.1) is 0 Å². The SMILES string of the molecule is COC1CCN(S(=O)(=O)c2cccc(C(=O)N3CCSCC3)c2)C1. The van der Waals surface area contributed by atoms with Crippen LogP contribution >= 0.6 is 11.8 Å². The van der Waals surface area contributed by atoms with E-state index in [9.17, 15) is 13.2 Å². The molecule has 24 heavy (non-hydrogen) atoms. The minimum Gasteiger partial charge on any atom is -0.380 e. The maximum atomic E-state index is 12.8. The van der Waals surface area contributed by atoms with E-state index >= 15 is 0 Å². The number of hydrogen-bond donors (Lipinski definition) is 0. The molecule has 1 atom stereocenters. The van der Waals surface area contributed by atoms with Crippen LogP contribution in [0.3, 0.4) is 0 Å². The Kier molecular flexibility index (Phi) is 5.49. The summed E-state index contributed by atoms with van der Waals surface area (Å²) in [6, 6.07) is 6.38. The van der Waals surface area contributed by atoms with Crippen LogP contribution in [0.2, 0.25) is 0 Å². The highest BCUT2D eigenvalue weighted by Gasteiger charge is 2.33. The number of nitrogens with zero attached hydrogens (tertiary/aromatic N) is 2. The summed E-state index contributed by atoms with van der Waals surface area (Å²) in [5.74, 6) is 1.76. The molecule has 2 heterocycles. The molecule has 1 aromatic rings. The molecule has 8 heteroatoms. The van der Waals surface area contributed by atoms with Crippen molar-refractivity contribution in [1.82, 2.24) is 9.21 Å². The molecule has 1 aromatic carbocycles. The molecule has 0 aromatic heterocycles. The minimum absolute atomic E-state index is 0.0598. The van der Waals surface area contributed by atoms with E-state index in [-0.39, 0.29) is 16.9 Å². The summed E-state index contributed by atoms with van der Waals surface area (Å²) in [6.45, 7) is 2.23. The molecular formula is C16H22N2O4S2. The molecule has 0 radical (unpaired) electrons. The average molecular weight is 370 g/mol. The van der Waals surface area contributed by atoms with Crippen molar-refractivity contribution in [3.05, 3.63) is 29.8 Å². The molecule has 2 aliphatic rings. The lowest BCUT2D eigenvalue weighted by Crippen LogP contribution is -2.38. The molecule has 132 valence electrons. The third-order valence-electron chi connectivity index (χ3n) is 4.46. The van der Waals surface area contributed by atoms with Gasteiger partial charge >= 0.3 is 0 Å². The van der Waals surface area contributed by atoms with E-state index in [2.05, 4.69) is 0 Å². The van der Waals surface area contributed by atoms with Gasteiger partial charge in [0.15, 0.2) is 0 Å². The second-order valence-corrected chi connectivity index (χ2v) is 9.10. The number of hydrogen-bond acceptors (Lipinski definition) is 5. The highest BCUT2D eigenvalue weighted by atomic mass is 32.2. The van der Waals surface area contributed by atoms with Crippen molar-refractivity contribution in [1.29, 1.82) is 0 Å². The first kappa shape index (κ1) is 17.7. The fraction of sp³-hybridized carbons (Fsp3) is 0.562. The number of ether oxygens (including phenoxy) is 1. The normalized spacial score (nSPS) is 22.7. The number of methoxy groups -OCH3 is 1. The van der Waals surface area contributed by atoms with Crippen LogP contribution in [-0.2, 0) is 14.8 Å². The Balaban J connectivity index is 1.80. The molecule has 1 amide bonds. The number of thioether (sulfide) groups is 1. The lowest BCUT2D eigenvalue weighted by atomic mass is 10.2. The molecule has 0 saturated carbocycles. The Labute approximate surface area is 147 Å². The second-order valence-electron chi connectivity index (χ2n) is 5.94. The number of carbonyl (C=O) groups is 1. The van der Waals surface area contributed by atoms with Gasteiger partial charge in [0, 0.05) is 50.4 Å². The molecule has 2 fully saturated rings. The van der Waals surface area contributed by atoms with Gasteiger partial charge in [0.1, 0.15) is 0 Å². The van der Waals surface area contributed by atoms with E-state index in [4.69, 9.17) is 4.74 Å². The van der Waals surface area contributed by atoms with Gasteiger partial charge in [0.05, 0.1) is 11.0 Å². The number of rotatable bonds is 4. The van der Waals surface area contributed by atoms with Crippen molar-refractivity contribution in [3.63, 3.8) is 0 Å². The van der Waals surface area contributed by atoms with Crippen molar-refractivity contribution in [3.8, 4) is 0 Å². The molecule has 0 N–H and O–H groups in total. The van der Waals surface area contributed by atoms with E-state index in [1.807, 2.05) is 11.8 Å². The lowest BCUT2D eigenvalue weighted by Gasteiger charge is -2.26. The van der Waals surface area contributed by atoms with Crippen LogP contribution in [0, 0.1) is 0 Å². The van der Waals surface area contributed by atoms with Crippen molar-refractivity contribution in [2.45, 2.75) is 17.4 Å². The first-order valence-corrected chi connectivity index (χ1v) is 10.6. The van der Waals surface area contributed by atoms with Gasteiger partial charge in [-0.05, 0) is 24.6 Å². The summed E-state index contributed by atoms with van der Waals surface area (Å²) in [7, 11) is -2.00. The van der Waals surface area contributed by atoms with Crippen LogP contribution in [0.1, 0.15) is 16.8 Å². The maximum absolute atomic E-state index is 12.8. The van der Waals surface area contributed by atoms with Crippen LogP contribution in [0.5, 0.6) is 0 Å². The standard InChI is InChI=1S/C16H22N2O4S2/c1-22-14-5-6-18(12-14)24(20,21)15-4-2-3-13(11-15)16(19)17-7-9-23-10-8-17/h2-4,11,14H,5-10,12H2,1H3. The minimum atomic E-state index is -3.59. The first-order valence-electron chi connectivity index (χ1n) is 8.02. The average Bonchev–Trinajstić information content (AvgIpc) is 3.12. The summed E-state index contributed by atoms with van der Waals surface area (Å²) in [5.41, 5.74) is 0.436. The van der Waals surface area contributed by atoms with E-state index in [0.29, 0.717) is 38.2 Å². The second kappa shape index (κ2) is 7.43. The molecule has 0 spiro atoms. The molecule has 0 aliphatic carbocycles. The van der Waals surface area contributed by atoms with Gasteiger partial charge in [-0.3, -0.25) is 4.79 Å². The zero-order valence-electron chi connectivity index (χ0n) is 13.7. The first-order chi connectivity index (χ1) is 11.5. The number of sulfonamides is 1. The van der Waals surface area contributed by atoms with Crippen molar-refractivity contribution in [2.75, 3.05) is 44.8 Å². The summed E-state index contributed by atoms with van der Waals surface area (Å²) in [4.78, 5) is 14.6. The maximum Gasteiger partial charge on any atom is 0.253 e. The Morgan fingerprint density at radius 2 is 2.00 bits per heavy atom. The van der Waals surface area contributed by atoms with Gasteiger partial charge in [-0.25, -0.2) is 8.42 Å². The topological polar surface area (TPSA) is 66.9 Å². The van der Waals surface area contributed by atoms with Crippen LogP contribution in [0.4, 0.5) is 0 Å². The van der Waals surface area contributed by atoms with Crippen molar-refractivity contribution >= 4 is 27.7 Å². The van der Waals surface area contributed by atoms with Gasteiger partial charge < -0.3 is 9.64 Å². The van der Waals surface area contributed by atoms with Crippen LogP contribution in [-0.4, -0.2) is 74.4 Å². The molecule has 3 rings (SSSR count). The zero-order chi connectivity index (χ0) is 17.2. The monoisotopic (exact) mass is 370 g/mol. The highest BCUT2D eigenvalue weighted by Crippen LogP contribution is 2.23. The Morgan fingerprint density at radius 3 is 2.67 bits per heavy atom. The van der Waals surface area contributed by atoms with Crippen LogP contribution < -0.4 is 0 Å². The predicted molar refractivity (Wildman–Crippen MR) is 93.8 cm³/mol. The fourth-order valence-corrected chi connectivity index (χ4v) is 5.43.